The largest absolute Gasteiger partial charge is 0.445 e. The van der Waals surface area contributed by atoms with Gasteiger partial charge < -0.3 is 25.1 Å². The number of rotatable bonds is 9. The van der Waals surface area contributed by atoms with Crippen molar-refractivity contribution in [1.82, 2.24) is 21.0 Å². The number of amides is 2. The van der Waals surface area contributed by atoms with Crippen LogP contribution in [0.3, 0.4) is 0 Å². The molecule has 2 unspecified atom stereocenters. The van der Waals surface area contributed by atoms with Crippen LogP contribution < -0.4 is 16.1 Å². The summed E-state index contributed by atoms with van der Waals surface area (Å²) in [4.78, 5) is 32.0. The van der Waals surface area contributed by atoms with Crippen LogP contribution in [0, 0.1) is 0 Å². The summed E-state index contributed by atoms with van der Waals surface area (Å²) in [6, 6.07) is 9.62. The Bertz CT molecular complexity index is 664. The fourth-order valence-electron chi connectivity index (χ4n) is 3.73. The molecule has 2 amide bonds. The Morgan fingerprint density at radius 2 is 2.00 bits per heavy atom. The van der Waals surface area contributed by atoms with Gasteiger partial charge in [0, 0.05) is 31.7 Å². The van der Waals surface area contributed by atoms with E-state index in [2.05, 4.69) is 23.0 Å². The Morgan fingerprint density at radius 1 is 1.17 bits per heavy atom. The number of likely N-dealkylation sites (tertiary alicyclic amines) is 1. The van der Waals surface area contributed by atoms with Crippen molar-refractivity contribution >= 4 is 12.0 Å². The molecule has 3 rings (SSSR count). The van der Waals surface area contributed by atoms with Crippen LogP contribution in [0.1, 0.15) is 44.6 Å². The number of carbonyl (C=O) groups excluding carboxylic acids is 2. The summed E-state index contributed by atoms with van der Waals surface area (Å²) >= 11 is 0. The van der Waals surface area contributed by atoms with Crippen LogP contribution in [0.15, 0.2) is 30.3 Å². The minimum atomic E-state index is -0.330. The normalized spacial score (nSPS) is 23.9. The van der Waals surface area contributed by atoms with Gasteiger partial charge in [-0.05, 0) is 31.2 Å². The third kappa shape index (κ3) is 6.97. The van der Waals surface area contributed by atoms with Crippen LogP contribution >= 0.6 is 0 Å². The molecule has 0 aliphatic carbocycles. The van der Waals surface area contributed by atoms with Crippen molar-refractivity contribution < 1.29 is 19.2 Å². The third-order valence-corrected chi connectivity index (χ3v) is 5.58. The minimum Gasteiger partial charge on any atom is -0.445 e. The van der Waals surface area contributed by atoms with Gasteiger partial charge in [0.1, 0.15) is 6.61 Å². The lowest BCUT2D eigenvalue weighted by Crippen LogP contribution is -2.55. The Morgan fingerprint density at radius 3 is 2.73 bits per heavy atom. The van der Waals surface area contributed by atoms with Gasteiger partial charge in [-0.25, -0.2) is 4.79 Å². The van der Waals surface area contributed by atoms with Crippen molar-refractivity contribution in [3.05, 3.63) is 35.9 Å². The number of hydrogen-bond donors (Lipinski definition) is 3. The number of hydroxylamine groups is 1. The first-order valence-electron chi connectivity index (χ1n) is 11.0. The van der Waals surface area contributed by atoms with Gasteiger partial charge in [0.25, 0.3) is 0 Å². The summed E-state index contributed by atoms with van der Waals surface area (Å²) in [5, 5.41) is 6.38. The molecule has 0 bridgehead atoms. The van der Waals surface area contributed by atoms with Crippen molar-refractivity contribution in [1.29, 1.82) is 0 Å². The average Bonchev–Trinajstić information content (AvgIpc) is 3.25. The zero-order chi connectivity index (χ0) is 21.2. The fraction of sp³-hybridized carbons (Fsp3) is 0.636. The number of nitrogens with one attached hydrogen (secondary N) is 3. The molecule has 8 heteroatoms. The van der Waals surface area contributed by atoms with E-state index in [1.807, 2.05) is 30.3 Å². The Kier molecular flexibility index (Phi) is 8.92. The van der Waals surface area contributed by atoms with Crippen LogP contribution in [-0.4, -0.2) is 61.3 Å². The molecule has 0 saturated carbocycles. The highest BCUT2D eigenvalue weighted by molar-refractivity contribution is 5.82. The topological polar surface area (TPSA) is 91.9 Å². The van der Waals surface area contributed by atoms with Gasteiger partial charge in [-0.15, -0.1) is 0 Å². The van der Waals surface area contributed by atoms with Crippen LogP contribution in [0.5, 0.6) is 0 Å². The molecule has 1 aromatic rings. The number of benzene rings is 1. The van der Waals surface area contributed by atoms with E-state index in [0.29, 0.717) is 26.2 Å². The molecule has 1 aromatic carbocycles. The number of hydrogen-bond acceptors (Lipinski definition) is 6. The summed E-state index contributed by atoms with van der Waals surface area (Å²) in [6.07, 6.45) is 4.21. The molecule has 2 saturated heterocycles. The molecule has 30 heavy (non-hydrogen) atoms. The van der Waals surface area contributed by atoms with Crippen LogP contribution in [0.2, 0.25) is 0 Å². The second kappa shape index (κ2) is 11.9. The first kappa shape index (κ1) is 22.5. The van der Waals surface area contributed by atoms with E-state index in [9.17, 15) is 9.59 Å². The second-order valence-corrected chi connectivity index (χ2v) is 8.04. The number of unbranched alkanes of at least 4 members (excludes halogenated alkanes) is 1. The molecule has 2 heterocycles. The molecule has 8 nitrogen and oxygen atoms in total. The van der Waals surface area contributed by atoms with E-state index < -0.39 is 0 Å². The SMILES string of the molecule is CCCCONC1CCC(C(=O)N[C@H]2CCN(C(=O)OCc3ccccc3)C2)NC1. The first-order valence-corrected chi connectivity index (χ1v) is 11.0. The summed E-state index contributed by atoms with van der Waals surface area (Å²) in [7, 11) is 0. The van der Waals surface area contributed by atoms with E-state index in [1.54, 1.807) is 4.90 Å². The minimum absolute atomic E-state index is 0.00449. The third-order valence-electron chi connectivity index (χ3n) is 5.58. The molecule has 2 aliphatic heterocycles. The summed E-state index contributed by atoms with van der Waals surface area (Å²) in [5.74, 6) is 0.00449. The maximum atomic E-state index is 12.6. The standard InChI is InChI=1S/C22H34N4O4/c1-2-3-13-30-25-18-9-10-20(23-14-18)21(27)24-19-11-12-26(15-19)22(28)29-16-17-7-5-4-6-8-17/h4-8,18-20,23,25H,2-3,9-16H2,1H3,(H,24,27)/t18?,19-,20?/m0/s1. The van der Waals surface area contributed by atoms with Crippen molar-refractivity contribution in [3.8, 4) is 0 Å². The summed E-state index contributed by atoms with van der Waals surface area (Å²) in [5.41, 5.74) is 4.04. The Hall–Kier alpha value is -2.16. The van der Waals surface area contributed by atoms with Crippen molar-refractivity contribution in [2.45, 2.75) is 63.8 Å². The van der Waals surface area contributed by atoms with Gasteiger partial charge in [-0.3, -0.25) is 4.79 Å². The molecular weight excluding hydrogens is 384 g/mol. The van der Waals surface area contributed by atoms with Crippen molar-refractivity contribution in [2.24, 2.45) is 0 Å². The zero-order valence-electron chi connectivity index (χ0n) is 17.8. The monoisotopic (exact) mass is 418 g/mol. The Balaban J connectivity index is 1.32. The highest BCUT2D eigenvalue weighted by Gasteiger charge is 2.31. The molecule has 3 atom stereocenters. The molecular formula is C22H34N4O4. The highest BCUT2D eigenvalue weighted by atomic mass is 16.6. The van der Waals surface area contributed by atoms with Crippen molar-refractivity contribution in [3.63, 3.8) is 0 Å². The first-order chi connectivity index (χ1) is 14.7. The predicted octanol–water partition coefficient (Wildman–Crippen LogP) is 1.96. The molecule has 166 valence electrons. The lowest BCUT2D eigenvalue weighted by molar-refractivity contribution is -0.124. The number of carbonyl (C=O) groups is 2. The number of ether oxygens (including phenoxy) is 1. The quantitative estimate of drug-likeness (QED) is 0.419. The van der Waals surface area contributed by atoms with Gasteiger partial charge in [0.05, 0.1) is 12.6 Å². The Labute approximate surface area is 178 Å². The molecule has 2 fully saturated rings. The molecule has 0 aromatic heterocycles. The van der Waals surface area contributed by atoms with Gasteiger partial charge in [-0.1, -0.05) is 43.7 Å². The maximum absolute atomic E-state index is 12.6. The summed E-state index contributed by atoms with van der Waals surface area (Å²) in [6.45, 7) is 4.89. The van der Waals surface area contributed by atoms with Gasteiger partial charge >= 0.3 is 6.09 Å². The van der Waals surface area contributed by atoms with E-state index in [4.69, 9.17) is 9.57 Å². The molecule has 0 spiro atoms. The van der Waals surface area contributed by atoms with E-state index in [-0.39, 0.29) is 36.7 Å². The number of piperidine rings is 1. The lowest BCUT2D eigenvalue weighted by Gasteiger charge is -2.30. The predicted molar refractivity (Wildman–Crippen MR) is 114 cm³/mol. The average molecular weight is 419 g/mol. The lowest BCUT2D eigenvalue weighted by atomic mass is 10.0. The second-order valence-electron chi connectivity index (χ2n) is 8.04. The fourth-order valence-corrected chi connectivity index (χ4v) is 3.73. The maximum Gasteiger partial charge on any atom is 0.410 e. The van der Waals surface area contributed by atoms with Crippen LogP contribution in [0.25, 0.3) is 0 Å². The molecule has 2 aliphatic rings. The van der Waals surface area contributed by atoms with Crippen molar-refractivity contribution in [2.75, 3.05) is 26.2 Å². The van der Waals surface area contributed by atoms with E-state index in [1.165, 1.54) is 0 Å². The summed E-state index contributed by atoms with van der Waals surface area (Å²) < 4.78 is 5.38. The van der Waals surface area contributed by atoms with E-state index >= 15 is 0 Å². The van der Waals surface area contributed by atoms with Crippen LogP contribution in [0.4, 0.5) is 4.79 Å². The van der Waals surface area contributed by atoms with E-state index in [0.717, 1.165) is 37.7 Å². The highest BCUT2D eigenvalue weighted by Crippen LogP contribution is 2.14. The van der Waals surface area contributed by atoms with Gasteiger partial charge in [-0.2, -0.15) is 5.48 Å². The smallest absolute Gasteiger partial charge is 0.410 e. The van der Waals surface area contributed by atoms with Gasteiger partial charge in [0.15, 0.2) is 0 Å². The van der Waals surface area contributed by atoms with Crippen LogP contribution in [-0.2, 0) is 21.0 Å². The number of nitrogens with zero attached hydrogens (tertiary/aromatic N) is 1. The zero-order valence-corrected chi connectivity index (χ0v) is 17.8. The molecule has 0 radical (unpaired) electrons. The van der Waals surface area contributed by atoms with Gasteiger partial charge in [0.2, 0.25) is 5.91 Å². The molecule has 3 N–H and O–H groups in total.